The van der Waals surface area contributed by atoms with E-state index in [9.17, 15) is 0 Å². The van der Waals surface area contributed by atoms with E-state index in [0.717, 1.165) is 21.3 Å². The number of aryl methyl sites for hydroxylation is 1. The second kappa shape index (κ2) is 8.90. The van der Waals surface area contributed by atoms with Crippen LogP contribution in [0.1, 0.15) is 18.1 Å². The molecule has 3 nitrogen and oxygen atoms in total. The molecular weight excluding hydrogens is 390 g/mol. The van der Waals surface area contributed by atoms with Crippen molar-refractivity contribution in [2.24, 2.45) is 4.99 Å². The maximum atomic E-state index is 6.13. The van der Waals surface area contributed by atoms with Crippen LogP contribution in [0.3, 0.4) is 0 Å². The van der Waals surface area contributed by atoms with Gasteiger partial charge in [-0.1, -0.05) is 30.3 Å². The highest BCUT2D eigenvalue weighted by Gasteiger charge is 2.11. The Morgan fingerprint density at radius 3 is 2.71 bits per heavy atom. The minimum absolute atomic E-state index is 0.411. The molecule has 0 aromatic heterocycles. The van der Waals surface area contributed by atoms with Gasteiger partial charge in [0, 0.05) is 11.2 Å². The van der Waals surface area contributed by atoms with Crippen molar-refractivity contribution in [2.75, 3.05) is 13.2 Å². The fraction of sp³-hybridized carbons (Fsp3) is 0.211. The first-order valence-corrected chi connectivity index (χ1v) is 8.72. The lowest BCUT2D eigenvalue weighted by atomic mass is 10.2. The molecule has 24 heavy (non-hydrogen) atoms. The van der Waals surface area contributed by atoms with Gasteiger partial charge in [-0.2, -0.15) is 0 Å². The lowest BCUT2D eigenvalue weighted by Crippen LogP contribution is -2.00. The van der Waals surface area contributed by atoms with Crippen LogP contribution in [-0.2, 0) is 0 Å². The molecule has 0 bridgehead atoms. The fourth-order valence-electron chi connectivity index (χ4n) is 2.02. The largest absolute Gasteiger partial charge is 0.490 e. The molecule has 0 heterocycles. The SMILES string of the molecule is C=CCOc1c(Br)cc(C=Nc2ccc(C)c(Cl)c2)cc1OCC. The summed E-state index contributed by atoms with van der Waals surface area (Å²) in [7, 11) is 0. The Balaban J connectivity index is 2.30. The van der Waals surface area contributed by atoms with E-state index >= 15 is 0 Å². The van der Waals surface area contributed by atoms with E-state index in [1.807, 2.05) is 44.2 Å². The van der Waals surface area contributed by atoms with Crippen molar-refractivity contribution in [3.05, 3.63) is 63.6 Å². The predicted molar refractivity (Wildman–Crippen MR) is 104 cm³/mol. The van der Waals surface area contributed by atoms with Crippen molar-refractivity contribution >= 4 is 39.4 Å². The Labute approximate surface area is 156 Å². The molecule has 5 heteroatoms. The molecule has 0 atom stereocenters. The van der Waals surface area contributed by atoms with E-state index in [1.165, 1.54) is 0 Å². The van der Waals surface area contributed by atoms with Gasteiger partial charge in [0.2, 0.25) is 0 Å². The van der Waals surface area contributed by atoms with Crippen LogP contribution in [0.15, 0.2) is 52.5 Å². The Morgan fingerprint density at radius 2 is 2.04 bits per heavy atom. The number of hydrogen-bond acceptors (Lipinski definition) is 3. The van der Waals surface area contributed by atoms with E-state index in [0.29, 0.717) is 29.7 Å². The van der Waals surface area contributed by atoms with Gasteiger partial charge in [0.1, 0.15) is 6.61 Å². The van der Waals surface area contributed by atoms with E-state index in [2.05, 4.69) is 27.5 Å². The van der Waals surface area contributed by atoms with E-state index < -0.39 is 0 Å². The molecule has 0 aliphatic heterocycles. The topological polar surface area (TPSA) is 30.8 Å². The Kier molecular flexibility index (Phi) is 6.88. The van der Waals surface area contributed by atoms with Crippen molar-refractivity contribution in [3.8, 4) is 11.5 Å². The summed E-state index contributed by atoms with van der Waals surface area (Å²) in [5.74, 6) is 1.32. The molecule has 0 aliphatic rings. The highest BCUT2D eigenvalue weighted by Crippen LogP contribution is 2.36. The number of nitrogens with zero attached hydrogens (tertiary/aromatic N) is 1. The monoisotopic (exact) mass is 407 g/mol. The van der Waals surface area contributed by atoms with Gasteiger partial charge in [-0.15, -0.1) is 0 Å². The highest BCUT2D eigenvalue weighted by molar-refractivity contribution is 9.10. The van der Waals surface area contributed by atoms with Crippen LogP contribution in [0.5, 0.6) is 11.5 Å². The molecule has 2 aromatic carbocycles. The number of rotatable bonds is 7. The lowest BCUT2D eigenvalue weighted by molar-refractivity contribution is 0.295. The number of aliphatic imine (C=N–C) groups is 1. The summed E-state index contributed by atoms with van der Waals surface area (Å²) in [6, 6.07) is 9.54. The van der Waals surface area contributed by atoms with Crippen molar-refractivity contribution in [2.45, 2.75) is 13.8 Å². The van der Waals surface area contributed by atoms with Crippen molar-refractivity contribution in [1.82, 2.24) is 0 Å². The third kappa shape index (κ3) is 4.86. The average Bonchev–Trinajstić information content (AvgIpc) is 2.55. The molecule has 0 unspecified atom stereocenters. The van der Waals surface area contributed by atoms with Crippen molar-refractivity contribution in [3.63, 3.8) is 0 Å². The maximum absolute atomic E-state index is 6.13. The van der Waals surface area contributed by atoms with E-state index in [1.54, 1.807) is 12.3 Å². The summed E-state index contributed by atoms with van der Waals surface area (Å²) in [5, 5.41) is 0.703. The first-order valence-electron chi connectivity index (χ1n) is 7.55. The average molecular weight is 409 g/mol. The summed E-state index contributed by atoms with van der Waals surface area (Å²) < 4.78 is 12.1. The van der Waals surface area contributed by atoms with Gasteiger partial charge >= 0.3 is 0 Å². The first kappa shape index (κ1) is 18.6. The van der Waals surface area contributed by atoms with Gasteiger partial charge in [-0.3, -0.25) is 4.99 Å². The van der Waals surface area contributed by atoms with Crippen molar-refractivity contribution in [1.29, 1.82) is 0 Å². The van der Waals surface area contributed by atoms with Gasteiger partial charge < -0.3 is 9.47 Å². The second-order valence-corrected chi connectivity index (χ2v) is 6.32. The smallest absolute Gasteiger partial charge is 0.175 e. The summed E-state index contributed by atoms with van der Waals surface area (Å²) in [6.07, 6.45) is 3.46. The molecule has 0 saturated carbocycles. The molecule has 0 saturated heterocycles. The fourth-order valence-corrected chi connectivity index (χ4v) is 2.77. The van der Waals surface area contributed by atoms with Gasteiger partial charge in [-0.05, 0) is 65.2 Å². The zero-order valence-electron chi connectivity index (χ0n) is 13.7. The standard InChI is InChI=1S/C19H19BrClNO2/c1-4-8-24-19-16(20)9-14(10-18(19)23-5-2)12-22-15-7-6-13(3)17(21)11-15/h4,6-7,9-12H,1,5,8H2,2-3H3. The summed E-state index contributed by atoms with van der Waals surface area (Å²) in [4.78, 5) is 4.47. The summed E-state index contributed by atoms with van der Waals surface area (Å²) in [6.45, 7) is 8.51. The predicted octanol–water partition coefficient (Wildman–Crippen LogP) is 6.13. The Hall–Kier alpha value is -1.78. The summed E-state index contributed by atoms with van der Waals surface area (Å²) in [5.41, 5.74) is 2.72. The van der Waals surface area contributed by atoms with Crippen molar-refractivity contribution < 1.29 is 9.47 Å². The third-order valence-corrected chi connectivity index (χ3v) is 4.19. The lowest BCUT2D eigenvalue weighted by Gasteiger charge is -2.13. The first-order chi connectivity index (χ1) is 11.5. The molecule has 2 rings (SSSR count). The molecule has 0 amide bonds. The molecular formula is C19H19BrClNO2. The minimum atomic E-state index is 0.411. The molecule has 0 spiro atoms. The van der Waals surface area contributed by atoms with Gasteiger partial charge in [0.05, 0.1) is 16.8 Å². The van der Waals surface area contributed by atoms with Crippen LogP contribution >= 0.6 is 27.5 Å². The minimum Gasteiger partial charge on any atom is -0.490 e. The molecule has 126 valence electrons. The molecule has 0 radical (unpaired) electrons. The highest BCUT2D eigenvalue weighted by atomic mass is 79.9. The number of halogens is 2. The van der Waals surface area contributed by atoms with Gasteiger partial charge in [0.25, 0.3) is 0 Å². The van der Waals surface area contributed by atoms with Crippen LogP contribution in [-0.4, -0.2) is 19.4 Å². The maximum Gasteiger partial charge on any atom is 0.175 e. The number of benzene rings is 2. The van der Waals surface area contributed by atoms with Crippen LogP contribution in [0.4, 0.5) is 5.69 Å². The quantitative estimate of drug-likeness (QED) is 0.408. The van der Waals surface area contributed by atoms with E-state index in [4.69, 9.17) is 21.1 Å². The Morgan fingerprint density at radius 1 is 1.25 bits per heavy atom. The Bertz CT molecular complexity index is 759. The summed E-state index contributed by atoms with van der Waals surface area (Å²) >= 11 is 9.65. The number of hydrogen-bond donors (Lipinski definition) is 0. The molecule has 2 aromatic rings. The van der Waals surface area contributed by atoms with Crippen LogP contribution in [0, 0.1) is 6.92 Å². The normalized spacial score (nSPS) is 10.8. The van der Waals surface area contributed by atoms with Crippen LogP contribution in [0.2, 0.25) is 5.02 Å². The third-order valence-electron chi connectivity index (χ3n) is 3.20. The van der Waals surface area contributed by atoms with Crippen LogP contribution < -0.4 is 9.47 Å². The van der Waals surface area contributed by atoms with Gasteiger partial charge in [-0.25, -0.2) is 0 Å². The van der Waals surface area contributed by atoms with E-state index in [-0.39, 0.29) is 0 Å². The molecule has 0 aliphatic carbocycles. The zero-order chi connectivity index (χ0) is 17.5. The second-order valence-electron chi connectivity index (χ2n) is 5.05. The zero-order valence-corrected chi connectivity index (χ0v) is 16.0. The number of ether oxygens (including phenoxy) is 2. The van der Waals surface area contributed by atoms with Gasteiger partial charge in [0.15, 0.2) is 11.5 Å². The molecule has 0 N–H and O–H groups in total. The molecule has 0 fully saturated rings. The van der Waals surface area contributed by atoms with Crippen LogP contribution in [0.25, 0.3) is 0 Å².